The van der Waals surface area contributed by atoms with Gasteiger partial charge in [-0.2, -0.15) is 13.2 Å². The van der Waals surface area contributed by atoms with E-state index < -0.39 is 11.9 Å². The molecule has 1 fully saturated rings. The molecule has 1 aromatic heterocycles. The molecule has 0 saturated carbocycles. The highest BCUT2D eigenvalue weighted by molar-refractivity contribution is 5.34. The largest absolute Gasteiger partial charge is 0.435 e. The Morgan fingerprint density at radius 3 is 2.24 bits per heavy atom. The second-order valence-electron chi connectivity index (χ2n) is 6.12. The van der Waals surface area contributed by atoms with Crippen LogP contribution < -0.4 is 5.32 Å². The van der Waals surface area contributed by atoms with Crippen molar-refractivity contribution in [3.05, 3.63) is 53.5 Å². The zero-order valence-corrected chi connectivity index (χ0v) is 13.4. The van der Waals surface area contributed by atoms with Crippen molar-refractivity contribution < 1.29 is 17.6 Å². The van der Waals surface area contributed by atoms with Crippen molar-refractivity contribution >= 4 is 5.82 Å². The van der Waals surface area contributed by atoms with Gasteiger partial charge >= 0.3 is 6.18 Å². The van der Waals surface area contributed by atoms with Crippen LogP contribution in [0, 0.1) is 5.82 Å². The molecule has 1 saturated heterocycles. The van der Waals surface area contributed by atoms with Gasteiger partial charge in [-0.05, 0) is 42.7 Å². The maximum absolute atomic E-state index is 12.9. The number of likely N-dealkylation sites (tertiary alicyclic amines) is 1. The third-order valence-electron chi connectivity index (χ3n) is 4.21. The number of nitrogens with zero attached hydrogens (tertiary/aromatic N) is 3. The van der Waals surface area contributed by atoms with Crippen LogP contribution in [0.5, 0.6) is 0 Å². The molecule has 8 heteroatoms. The van der Waals surface area contributed by atoms with Gasteiger partial charge in [0.15, 0.2) is 5.69 Å². The predicted molar refractivity (Wildman–Crippen MR) is 85.4 cm³/mol. The van der Waals surface area contributed by atoms with E-state index in [0.717, 1.165) is 44.1 Å². The highest BCUT2D eigenvalue weighted by Gasteiger charge is 2.33. The SMILES string of the molecule is Fc1ccc(CN2CCC(Nc3ccc(C(F)(F)F)nn3)CC2)cc1. The number of rotatable bonds is 4. The number of anilines is 1. The minimum atomic E-state index is -4.47. The molecule has 1 aromatic carbocycles. The van der Waals surface area contributed by atoms with Crippen LogP contribution in [0.2, 0.25) is 0 Å². The number of hydrogen-bond acceptors (Lipinski definition) is 4. The standard InChI is InChI=1S/C17H18F4N4/c18-13-3-1-12(2-4-13)11-25-9-7-14(8-10-25)22-16-6-5-15(23-24-16)17(19,20)21/h1-6,14H,7-11H2,(H,22,24). The van der Waals surface area contributed by atoms with E-state index in [4.69, 9.17) is 0 Å². The van der Waals surface area contributed by atoms with E-state index in [0.29, 0.717) is 5.82 Å². The van der Waals surface area contributed by atoms with E-state index in [9.17, 15) is 17.6 Å². The molecule has 0 unspecified atom stereocenters. The molecule has 2 aromatic rings. The number of nitrogens with one attached hydrogen (secondary N) is 1. The van der Waals surface area contributed by atoms with Crippen molar-refractivity contribution in [2.75, 3.05) is 18.4 Å². The molecule has 1 N–H and O–H groups in total. The first-order valence-electron chi connectivity index (χ1n) is 8.04. The van der Waals surface area contributed by atoms with Crippen LogP contribution in [0.1, 0.15) is 24.1 Å². The molecule has 1 aliphatic heterocycles. The summed E-state index contributed by atoms with van der Waals surface area (Å²) >= 11 is 0. The van der Waals surface area contributed by atoms with E-state index >= 15 is 0 Å². The summed E-state index contributed by atoms with van der Waals surface area (Å²) in [6, 6.07) is 8.84. The van der Waals surface area contributed by atoms with Gasteiger partial charge in [-0.25, -0.2) is 4.39 Å². The smallest absolute Gasteiger partial charge is 0.366 e. The van der Waals surface area contributed by atoms with Crippen LogP contribution in [0.4, 0.5) is 23.4 Å². The van der Waals surface area contributed by atoms with Crippen LogP contribution in [-0.4, -0.2) is 34.2 Å². The van der Waals surface area contributed by atoms with E-state index in [2.05, 4.69) is 20.4 Å². The summed E-state index contributed by atoms with van der Waals surface area (Å²) in [6.45, 7) is 2.46. The van der Waals surface area contributed by atoms with Gasteiger partial charge in [0.05, 0.1) is 0 Å². The molecular formula is C17H18F4N4. The zero-order valence-electron chi connectivity index (χ0n) is 13.4. The summed E-state index contributed by atoms with van der Waals surface area (Å²) in [7, 11) is 0. The molecule has 0 spiro atoms. The lowest BCUT2D eigenvalue weighted by molar-refractivity contribution is -0.141. The lowest BCUT2D eigenvalue weighted by atomic mass is 10.0. The molecule has 0 bridgehead atoms. The molecule has 0 amide bonds. The fourth-order valence-corrected chi connectivity index (χ4v) is 2.85. The van der Waals surface area contributed by atoms with Gasteiger partial charge in [0, 0.05) is 25.7 Å². The molecule has 0 aliphatic carbocycles. The molecule has 0 radical (unpaired) electrons. The average molecular weight is 354 g/mol. The Balaban J connectivity index is 1.48. The molecule has 3 rings (SSSR count). The summed E-state index contributed by atoms with van der Waals surface area (Å²) in [6.07, 6.45) is -2.77. The zero-order chi connectivity index (χ0) is 17.9. The Bertz CT molecular complexity index is 677. The second-order valence-corrected chi connectivity index (χ2v) is 6.12. The van der Waals surface area contributed by atoms with E-state index in [-0.39, 0.29) is 11.9 Å². The Kier molecular flexibility index (Phi) is 5.17. The number of aromatic nitrogens is 2. The summed E-state index contributed by atoms with van der Waals surface area (Å²) < 4.78 is 50.3. The van der Waals surface area contributed by atoms with Crippen LogP contribution in [-0.2, 0) is 12.7 Å². The van der Waals surface area contributed by atoms with Gasteiger partial charge in [0.25, 0.3) is 0 Å². The quantitative estimate of drug-likeness (QED) is 0.850. The van der Waals surface area contributed by atoms with Crippen LogP contribution >= 0.6 is 0 Å². The Morgan fingerprint density at radius 2 is 1.68 bits per heavy atom. The Labute approximate surface area is 142 Å². The third-order valence-corrected chi connectivity index (χ3v) is 4.21. The van der Waals surface area contributed by atoms with Crippen molar-refractivity contribution in [2.45, 2.75) is 31.6 Å². The first-order chi connectivity index (χ1) is 11.9. The first kappa shape index (κ1) is 17.6. The fraction of sp³-hybridized carbons (Fsp3) is 0.412. The van der Waals surface area contributed by atoms with Crippen LogP contribution in [0.3, 0.4) is 0 Å². The molecule has 4 nitrogen and oxygen atoms in total. The van der Waals surface area contributed by atoms with Gasteiger partial charge < -0.3 is 5.32 Å². The Morgan fingerprint density at radius 1 is 1.00 bits per heavy atom. The topological polar surface area (TPSA) is 41.0 Å². The Hall–Kier alpha value is -2.22. The first-order valence-corrected chi connectivity index (χ1v) is 8.04. The molecule has 134 valence electrons. The minimum Gasteiger partial charge on any atom is -0.366 e. The molecule has 1 aliphatic rings. The van der Waals surface area contributed by atoms with Crippen molar-refractivity contribution in [2.24, 2.45) is 0 Å². The lowest BCUT2D eigenvalue weighted by Gasteiger charge is -2.32. The third kappa shape index (κ3) is 4.88. The number of halogens is 4. The van der Waals surface area contributed by atoms with Crippen LogP contribution in [0.15, 0.2) is 36.4 Å². The van der Waals surface area contributed by atoms with Gasteiger partial charge in [-0.15, -0.1) is 10.2 Å². The molecular weight excluding hydrogens is 336 g/mol. The van der Waals surface area contributed by atoms with Crippen molar-refractivity contribution in [1.29, 1.82) is 0 Å². The highest BCUT2D eigenvalue weighted by atomic mass is 19.4. The van der Waals surface area contributed by atoms with Gasteiger partial charge in [0.2, 0.25) is 0 Å². The van der Waals surface area contributed by atoms with Crippen molar-refractivity contribution in [3.8, 4) is 0 Å². The summed E-state index contributed by atoms with van der Waals surface area (Å²) in [4.78, 5) is 2.27. The molecule has 2 heterocycles. The second kappa shape index (κ2) is 7.35. The number of alkyl halides is 3. The van der Waals surface area contributed by atoms with Gasteiger partial charge in [-0.3, -0.25) is 4.90 Å². The lowest BCUT2D eigenvalue weighted by Crippen LogP contribution is -2.38. The van der Waals surface area contributed by atoms with Crippen molar-refractivity contribution in [1.82, 2.24) is 15.1 Å². The minimum absolute atomic E-state index is 0.149. The molecule has 0 atom stereocenters. The average Bonchev–Trinajstić information content (AvgIpc) is 2.58. The predicted octanol–water partition coefficient (Wildman–Crippen LogP) is 3.71. The maximum atomic E-state index is 12.9. The maximum Gasteiger partial charge on any atom is 0.435 e. The summed E-state index contributed by atoms with van der Waals surface area (Å²) in [5.41, 5.74) is 0.0635. The van der Waals surface area contributed by atoms with E-state index in [1.54, 1.807) is 12.1 Å². The number of piperidine rings is 1. The van der Waals surface area contributed by atoms with Crippen molar-refractivity contribution in [3.63, 3.8) is 0 Å². The molecule has 25 heavy (non-hydrogen) atoms. The van der Waals surface area contributed by atoms with E-state index in [1.807, 2.05) is 0 Å². The summed E-state index contributed by atoms with van der Waals surface area (Å²) in [5.74, 6) is 0.106. The van der Waals surface area contributed by atoms with Gasteiger partial charge in [-0.1, -0.05) is 12.1 Å². The van der Waals surface area contributed by atoms with Gasteiger partial charge in [0.1, 0.15) is 11.6 Å². The van der Waals surface area contributed by atoms with Crippen LogP contribution in [0.25, 0.3) is 0 Å². The summed E-state index contributed by atoms with van der Waals surface area (Å²) in [5, 5.41) is 9.95. The fourth-order valence-electron chi connectivity index (χ4n) is 2.85. The number of hydrogen-bond donors (Lipinski definition) is 1. The monoisotopic (exact) mass is 354 g/mol. The number of benzene rings is 1. The van der Waals surface area contributed by atoms with E-state index in [1.165, 1.54) is 18.2 Å². The normalized spacial score (nSPS) is 16.8. The highest BCUT2D eigenvalue weighted by Crippen LogP contribution is 2.27.